The van der Waals surface area contributed by atoms with E-state index in [4.69, 9.17) is 5.73 Å². The summed E-state index contributed by atoms with van der Waals surface area (Å²) in [7, 11) is 0. The Kier molecular flexibility index (Phi) is 2.08. The number of hydrogen-bond acceptors (Lipinski definition) is 2. The van der Waals surface area contributed by atoms with Gasteiger partial charge in [-0.3, -0.25) is 0 Å². The highest BCUT2D eigenvalue weighted by Gasteiger charge is 2.04. The van der Waals surface area contributed by atoms with Gasteiger partial charge in [-0.1, -0.05) is 13.8 Å². The molecule has 0 unspecified atom stereocenters. The molecule has 0 aliphatic rings. The lowest BCUT2D eigenvalue weighted by Gasteiger charge is -2.03. The van der Waals surface area contributed by atoms with Crippen molar-refractivity contribution in [2.24, 2.45) is 0 Å². The van der Waals surface area contributed by atoms with Crippen LogP contribution in [0.15, 0.2) is 12.1 Å². The van der Waals surface area contributed by atoms with E-state index in [-0.39, 0.29) is 11.6 Å². The number of halogens is 1. The predicted molar refractivity (Wildman–Crippen MR) is 42.7 cm³/mol. The van der Waals surface area contributed by atoms with Crippen LogP contribution in [0.1, 0.15) is 25.5 Å². The van der Waals surface area contributed by atoms with Gasteiger partial charge in [-0.05, 0) is 18.1 Å². The van der Waals surface area contributed by atoms with Gasteiger partial charge in [0.25, 0.3) is 0 Å². The standard InChI is InChI=1S/C8H11FN2/c1-5(2)7-4-3-6(10)8(9)11-7/h3-5H,10H2,1-2H3. The highest BCUT2D eigenvalue weighted by molar-refractivity contribution is 5.36. The molecule has 2 N–H and O–H groups in total. The SMILES string of the molecule is CC(C)c1ccc(N)c(F)n1. The summed E-state index contributed by atoms with van der Waals surface area (Å²) in [5.74, 6) is -0.332. The number of aromatic nitrogens is 1. The van der Waals surface area contributed by atoms with Gasteiger partial charge in [-0.2, -0.15) is 4.39 Å². The summed E-state index contributed by atoms with van der Waals surface area (Å²) in [6, 6.07) is 3.28. The fourth-order valence-electron chi connectivity index (χ4n) is 0.781. The van der Waals surface area contributed by atoms with Crippen molar-refractivity contribution in [1.82, 2.24) is 4.98 Å². The van der Waals surface area contributed by atoms with Crippen molar-refractivity contribution in [3.8, 4) is 0 Å². The summed E-state index contributed by atoms with van der Waals surface area (Å²) in [4.78, 5) is 3.68. The normalized spacial score (nSPS) is 10.5. The molecule has 0 aliphatic heterocycles. The molecule has 60 valence electrons. The molecule has 0 amide bonds. The van der Waals surface area contributed by atoms with Crippen LogP contribution in [0.5, 0.6) is 0 Å². The van der Waals surface area contributed by atoms with Crippen LogP contribution in [-0.4, -0.2) is 4.98 Å². The molecule has 0 atom stereocenters. The predicted octanol–water partition coefficient (Wildman–Crippen LogP) is 1.93. The van der Waals surface area contributed by atoms with Gasteiger partial charge in [0.2, 0.25) is 5.95 Å². The number of anilines is 1. The van der Waals surface area contributed by atoms with Crippen molar-refractivity contribution in [1.29, 1.82) is 0 Å². The molecule has 0 bridgehead atoms. The smallest absolute Gasteiger partial charge is 0.236 e. The average molecular weight is 154 g/mol. The van der Waals surface area contributed by atoms with Gasteiger partial charge in [-0.25, -0.2) is 4.98 Å². The summed E-state index contributed by atoms with van der Waals surface area (Å²) >= 11 is 0. The number of nitrogens with two attached hydrogens (primary N) is 1. The Labute approximate surface area is 65.3 Å². The van der Waals surface area contributed by atoms with Crippen LogP contribution < -0.4 is 5.73 Å². The zero-order valence-electron chi connectivity index (χ0n) is 6.63. The van der Waals surface area contributed by atoms with E-state index in [1.165, 1.54) is 6.07 Å². The Balaban J connectivity index is 3.05. The largest absolute Gasteiger partial charge is 0.395 e. The Morgan fingerprint density at radius 3 is 2.55 bits per heavy atom. The molecule has 3 heteroatoms. The van der Waals surface area contributed by atoms with Crippen LogP contribution in [0, 0.1) is 5.95 Å². The van der Waals surface area contributed by atoms with E-state index < -0.39 is 5.95 Å². The van der Waals surface area contributed by atoms with Crippen LogP contribution in [0.25, 0.3) is 0 Å². The summed E-state index contributed by atoms with van der Waals surface area (Å²) in [6.45, 7) is 3.91. The topological polar surface area (TPSA) is 38.9 Å². The Hall–Kier alpha value is -1.12. The third-order valence-electron chi connectivity index (χ3n) is 1.49. The molecule has 1 aromatic heterocycles. The van der Waals surface area contributed by atoms with Crippen molar-refractivity contribution >= 4 is 5.69 Å². The molecule has 0 fully saturated rings. The fraction of sp³-hybridized carbons (Fsp3) is 0.375. The van der Waals surface area contributed by atoms with Crippen molar-refractivity contribution in [3.05, 3.63) is 23.8 Å². The van der Waals surface area contributed by atoms with Gasteiger partial charge in [0.05, 0.1) is 5.69 Å². The van der Waals surface area contributed by atoms with E-state index >= 15 is 0 Å². The zero-order valence-corrected chi connectivity index (χ0v) is 6.63. The lowest BCUT2D eigenvalue weighted by molar-refractivity contribution is 0.576. The average Bonchev–Trinajstić information content (AvgIpc) is 1.94. The van der Waals surface area contributed by atoms with Crippen LogP contribution in [0.4, 0.5) is 10.1 Å². The molecular formula is C8H11FN2. The molecule has 0 saturated carbocycles. The second-order valence-electron chi connectivity index (χ2n) is 2.77. The molecule has 0 radical (unpaired) electrons. The van der Waals surface area contributed by atoms with Crippen LogP contribution in [0.2, 0.25) is 0 Å². The molecule has 0 saturated heterocycles. The first-order valence-electron chi connectivity index (χ1n) is 3.53. The summed E-state index contributed by atoms with van der Waals surface area (Å²) < 4.78 is 12.7. The summed E-state index contributed by atoms with van der Waals surface area (Å²) in [5, 5.41) is 0. The second-order valence-corrected chi connectivity index (χ2v) is 2.77. The minimum atomic E-state index is -0.573. The van der Waals surface area contributed by atoms with Crippen LogP contribution in [-0.2, 0) is 0 Å². The van der Waals surface area contributed by atoms with Gasteiger partial charge in [0.1, 0.15) is 0 Å². The molecule has 1 heterocycles. The lowest BCUT2D eigenvalue weighted by atomic mass is 10.1. The Morgan fingerprint density at radius 1 is 1.45 bits per heavy atom. The molecule has 1 rings (SSSR count). The van der Waals surface area contributed by atoms with Gasteiger partial charge in [0.15, 0.2) is 0 Å². The first-order chi connectivity index (χ1) is 5.11. The minimum absolute atomic E-state index is 0.106. The Bertz CT molecular complexity index is 258. The first kappa shape index (κ1) is 7.98. The second kappa shape index (κ2) is 2.86. The van der Waals surface area contributed by atoms with Crippen LogP contribution in [0.3, 0.4) is 0 Å². The lowest BCUT2D eigenvalue weighted by Crippen LogP contribution is -1.99. The number of rotatable bonds is 1. The molecular weight excluding hydrogens is 143 g/mol. The van der Waals surface area contributed by atoms with Crippen molar-refractivity contribution < 1.29 is 4.39 Å². The first-order valence-corrected chi connectivity index (χ1v) is 3.53. The molecule has 0 aromatic carbocycles. The molecule has 11 heavy (non-hydrogen) atoms. The zero-order chi connectivity index (χ0) is 8.43. The molecule has 0 spiro atoms. The fourth-order valence-corrected chi connectivity index (χ4v) is 0.781. The minimum Gasteiger partial charge on any atom is -0.395 e. The van der Waals surface area contributed by atoms with E-state index in [2.05, 4.69) is 4.98 Å². The molecule has 0 aliphatic carbocycles. The molecule has 1 aromatic rings. The van der Waals surface area contributed by atoms with Gasteiger partial charge < -0.3 is 5.73 Å². The quantitative estimate of drug-likeness (QED) is 0.628. The van der Waals surface area contributed by atoms with E-state index in [0.717, 1.165) is 5.69 Å². The maximum atomic E-state index is 12.7. The number of pyridine rings is 1. The monoisotopic (exact) mass is 154 g/mol. The van der Waals surface area contributed by atoms with Crippen LogP contribution >= 0.6 is 0 Å². The van der Waals surface area contributed by atoms with E-state index in [1.807, 2.05) is 13.8 Å². The maximum Gasteiger partial charge on any atom is 0.236 e. The van der Waals surface area contributed by atoms with Gasteiger partial charge in [-0.15, -0.1) is 0 Å². The number of hydrogen-bond donors (Lipinski definition) is 1. The summed E-state index contributed by atoms with van der Waals surface area (Å²) in [6.07, 6.45) is 0. The van der Waals surface area contributed by atoms with Gasteiger partial charge in [0, 0.05) is 5.69 Å². The van der Waals surface area contributed by atoms with E-state index in [0.29, 0.717) is 0 Å². The number of nitrogen functional groups attached to an aromatic ring is 1. The van der Waals surface area contributed by atoms with Crippen molar-refractivity contribution in [3.63, 3.8) is 0 Å². The van der Waals surface area contributed by atoms with Crippen molar-refractivity contribution in [2.45, 2.75) is 19.8 Å². The van der Waals surface area contributed by atoms with Gasteiger partial charge >= 0.3 is 0 Å². The Morgan fingerprint density at radius 2 is 2.09 bits per heavy atom. The van der Waals surface area contributed by atoms with E-state index in [1.54, 1.807) is 6.07 Å². The highest BCUT2D eigenvalue weighted by Crippen LogP contribution is 2.14. The third kappa shape index (κ3) is 1.67. The third-order valence-corrected chi connectivity index (χ3v) is 1.49. The maximum absolute atomic E-state index is 12.7. The number of nitrogens with zero attached hydrogens (tertiary/aromatic N) is 1. The summed E-state index contributed by atoms with van der Waals surface area (Å²) in [5.41, 5.74) is 6.09. The van der Waals surface area contributed by atoms with E-state index in [9.17, 15) is 4.39 Å². The highest BCUT2D eigenvalue weighted by atomic mass is 19.1. The molecule has 2 nitrogen and oxygen atoms in total. The van der Waals surface area contributed by atoms with Crippen molar-refractivity contribution in [2.75, 3.05) is 5.73 Å².